The van der Waals surface area contributed by atoms with Gasteiger partial charge in [-0.3, -0.25) is 0 Å². The van der Waals surface area contributed by atoms with E-state index in [1.165, 1.54) is 25.7 Å². The lowest BCUT2D eigenvalue weighted by Crippen LogP contribution is -2.49. The number of allylic oxidation sites excluding steroid dienone is 1. The molecular weight excluding hydrogens is 160 g/mol. The minimum atomic E-state index is 0.448. The first-order chi connectivity index (χ1) is 6.42. The first kappa shape index (κ1) is 8.05. The SMILES string of the molecule is CO[C@@H]1C=C[C@H]2[C@H]3CCCC[C@H]3[C@H]21. The highest BCUT2D eigenvalue weighted by atomic mass is 16.5. The van der Waals surface area contributed by atoms with Crippen LogP contribution in [0.5, 0.6) is 0 Å². The Labute approximate surface area is 80.2 Å². The van der Waals surface area contributed by atoms with Crippen molar-refractivity contribution in [3.63, 3.8) is 0 Å². The van der Waals surface area contributed by atoms with Crippen LogP contribution >= 0.6 is 0 Å². The standard InChI is InChI=1S/C12H18O/c1-13-11-7-6-10-8-4-2-3-5-9(8)12(10)11/h6-12H,2-5H2,1H3/t8-,9+,10-,11+,12+/m0/s1. The Morgan fingerprint density at radius 3 is 2.62 bits per heavy atom. The molecule has 0 aliphatic heterocycles. The Hall–Kier alpha value is -0.300. The van der Waals surface area contributed by atoms with E-state index in [1.807, 2.05) is 7.11 Å². The van der Waals surface area contributed by atoms with Gasteiger partial charge in [-0.2, -0.15) is 0 Å². The Bertz CT molecular complexity index is 233. The molecule has 3 aliphatic rings. The van der Waals surface area contributed by atoms with E-state index in [-0.39, 0.29) is 0 Å². The summed E-state index contributed by atoms with van der Waals surface area (Å²) >= 11 is 0. The molecule has 13 heavy (non-hydrogen) atoms. The van der Waals surface area contributed by atoms with Crippen molar-refractivity contribution in [3.05, 3.63) is 12.2 Å². The van der Waals surface area contributed by atoms with Gasteiger partial charge >= 0.3 is 0 Å². The van der Waals surface area contributed by atoms with Gasteiger partial charge in [-0.25, -0.2) is 0 Å². The molecule has 2 saturated carbocycles. The second-order valence-corrected chi connectivity index (χ2v) is 4.85. The van der Waals surface area contributed by atoms with Crippen molar-refractivity contribution in [1.29, 1.82) is 0 Å². The van der Waals surface area contributed by atoms with E-state index < -0.39 is 0 Å². The predicted octanol–water partition coefficient (Wildman–Crippen LogP) is 2.62. The molecule has 0 heterocycles. The van der Waals surface area contributed by atoms with Crippen LogP contribution in [0.2, 0.25) is 0 Å². The zero-order chi connectivity index (χ0) is 8.84. The van der Waals surface area contributed by atoms with Crippen LogP contribution in [0.3, 0.4) is 0 Å². The second kappa shape index (κ2) is 2.84. The number of ether oxygens (including phenoxy) is 1. The van der Waals surface area contributed by atoms with Crippen molar-refractivity contribution in [2.45, 2.75) is 31.8 Å². The molecule has 0 aromatic heterocycles. The highest BCUT2D eigenvalue weighted by Crippen LogP contribution is 2.58. The summed E-state index contributed by atoms with van der Waals surface area (Å²) in [5.74, 6) is 3.76. The lowest BCUT2D eigenvalue weighted by atomic mass is 9.52. The molecule has 1 heteroatoms. The largest absolute Gasteiger partial charge is 0.377 e. The molecule has 0 amide bonds. The fourth-order valence-corrected chi connectivity index (χ4v) is 3.90. The van der Waals surface area contributed by atoms with Gasteiger partial charge in [0.15, 0.2) is 0 Å². The van der Waals surface area contributed by atoms with Gasteiger partial charge in [0.05, 0.1) is 6.10 Å². The molecule has 0 radical (unpaired) electrons. The molecule has 3 aliphatic carbocycles. The molecule has 1 nitrogen and oxygen atoms in total. The number of rotatable bonds is 1. The molecule has 0 N–H and O–H groups in total. The molecule has 0 saturated heterocycles. The Balaban J connectivity index is 1.78. The first-order valence-corrected chi connectivity index (χ1v) is 5.63. The molecule has 5 atom stereocenters. The smallest absolute Gasteiger partial charge is 0.0788 e. The van der Waals surface area contributed by atoms with Gasteiger partial charge in [0.2, 0.25) is 0 Å². The highest BCUT2D eigenvalue weighted by molar-refractivity contribution is 5.19. The highest BCUT2D eigenvalue weighted by Gasteiger charge is 2.54. The summed E-state index contributed by atoms with van der Waals surface area (Å²) in [6, 6.07) is 0. The minimum Gasteiger partial charge on any atom is -0.377 e. The molecular formula is C12H18O. The molecule has 0 spiro atoms. The zero-order valence-corrected chi connectivity index (χ0v) is 8.28. The van der Waals surface area contributed by atoms with Crippen LogP contribution in [0, 0.1) is 23.7 Å². The van der Waals surface area contributed by atoms with E-state index in [4.69, 9.17) is 4.74 Å². The van der Waals surface area contributed by atoms with Gasteiger partial charge in [-0.1, -0.05) is 25.0 Å². The molecule has 3 rings (SSSR count). The van der Waals surface area contributed by atoms with Gasteiger partial charge < -0.3 is 4.74 Å². The summed E-state index contributed by atoms with van der Waals surface area (Å²) in [7, 11) is 1.85. The lowest BCUT2D eigenvalue weighted by molar-refractivity contribution is -0.0781. The summed E-state index contributed by atoms with van der Waals surface area (Å²) in [6.45, 7) is 0. The third kappa shape index (κ3) is 0.969. The van der Waals surface area contributed by atoms with Crippen LogP contribution < -0.4 is 0 Å². The minimum absolute atomic E-state index is 0.448. The number of hydrogen-bond acceptors (Lipinski definition) is 1. The van der Waals surface area contributed by atoms with E-state index in [0.717, 1.165) is 23.7 Å². The molecule has 0 bridgehead atoms. The predicted molar refractivity (Wildman–Crippen MR) is 52.4 cm³/mol. The fourth-order valence-electron chi connectivity index (χ4n) is 3.90. The van der Waals surface area contributed by atoms with E-state index >= 15 is 0 Å². The third-order valence-corrected chi connectivity index (χ3v) is 4.48. The molecule has 0 aromatic carbocycles. The maximum Gasteiger partial charge on any atom is 0.0788 e. The Morgan fingerprint density at radius 1 is 1.08 bits per heavy atom. The van der Waals surface area contributed by atoms with Crippen LogP contribution in [-0.4, -0.2) is 13.2 Å². The van der Waals surface area contributed by atoms with Gasteiger partial charge in [0.25, 0.3) is 0 Å². The Kier molecular flexibility index (Phi) is 1.76. The molecule has 72 valence electrons. The van der Waals surface area contributed by atoms with Crippen LogP contribution in [0.4, 0.5) is 0 Å². The van der Waals surface area contributed by atoms with Crippen molar-refractivity contribution >= 4 is 0 Å². The number of methoxy groups -OCH3 is 1. The van der Waals surface area contributed by atoms with E-state index in [9.17, 15) is 0 Å². The van der Waals surface area contributed by atoms with Gasteiger partial charge in [0, 0.05) is 7.11 Å². The summed E-state index contributed by atoms with van der Waals surface area (Å²) in [6.07, 6.45) is 11.0. The van der Waals surface area contributed by atoms with Crippen LogP contribution in [0.15, 0.2) is 12.2 Å². The maximum atomic E-state index is 5.51. The topological polar surface area (TPSA) is 9.23 Å². The summed E-state index contributed by atoms with van der Waals surface area (Å²) < 4.78 is 5.51. The quantitative estimate of drug-likeness (QED) is 0.561. The van der Waals surface area contributed by atoms with Crippen molar-refractivity contribution < 1.29 is 4.74 Å². The van der Waals surface area contributed by atoms with Gasteiger partial charge in [0.1, 0.15) is 0 Å². The average molecular weight is 178 g/mol. The summed E-state index contributed by atoms with van der Waals surface area (Å²) in [5.41, 5.74) is 0. The zero-order valence-electron chi connectivity index (χ0n) is 8.28. The van der Waals surface area contributed by atoms with Crippen LogP contribution in [0.1, 0.15) is 25.7 Å². The summed E-state index contributed by atoms with van der Waals surface area (Å²) in [4.78, 5) is 0. The van der Waals surface area contributed by atoms with Crippen molar-refractivity contribution in [3.8, 4) is 0 Å². The van der Waals surface area contributed by atoms with Crippen molar-refractivity contribution in [1.82, 2.24) is 0 Å². The molecule has 0 aromatic rings. The van der Waals surface area contributed by atoms with Crippen molar-refractivity contribution in [2.24, 2.45) is 23.7 Å². The average Bonchev–Trinajstić information content (AvgIpc) is 2.52. The fraction of sp³-hybridized carbons (Fsp3) is 0.833. The van der Waals surface area contributed by atoms with E-state index in [2.05, 4.69) is 12.2 Å². The van der Waals surface area contributed by atoms with Crippen LogP contribution in [0.25, 0.3) is 0 Å². The first-order valence-electron chi connectivity index (χ1n) is 5.63. The molecule has 0 unspecified atom stereocenters. The Morgan fingerprint density at radius 2 is 1.85 bits per heavy atom. The molecule has 2 fully saturated rings. The second-order valence-electron chi connectivity index (χ2n) is 4.85. The maximum absolute atomic E-state index is 5.51. The van der Waals surface area contributed by atoms with E-state index in [1.54, 1.807) is 0 Å². The van der Waals surface area contributed by atoms with Gasteiger partial charge in [-0.05, 0) is 36.5 Å². The van der Waals surface area contributed by atoms with E-state index in [0.29, 0.717) is 6.10 Å². The monoisotopic (exact) mass is 178 g/mol. The lowest BCUT2D eigenvalue weighted by Gasteiger charge is -2.53. The van der Waals surface area contributed by atoms with Crippen molar-refractivity contribution in [2.75, 3.05) is 7.11 Å². The third-order valence-electron chi connectivity index (χ3n) is 4.48. The normalized spacial score (nSPS) is 52.5. The number of fused-ring (bicyclic) bond motifs is 4. The van der Waals surface area contributed by atoms with Crippen LogP contribution in [-0.2, 0) is 4.74 Å². The summed E-state index contributed by atoms with van der Waals surface area (Å²) in [5, 5.41) is 0. The van der Waals surface area contributed by atoms with Gasteiger partial charge in [-0.15, -0.1) is 0 Å². The number of hydrogen-bond donors (Lipinski definition) is 0.